The van der Waals surface area contributed by atoms with Crippen molar-refractivity contribution < 1.29 is 0 Å². The second kappa shape index (κ2) is 12.7. The highest BCUT2D eigenvalue weighted by Gasteiger charge is 2.51. The number of allylic oxidation sites excluding steroid dienone is 4. The molecule has 11 rings (SSSR count). The van der Waals surface area contributed by atoms with E-state index in [0.29, 0.717) is 34.8 Å². The second-order valence-electron chi connectivity index (χ2n) is 14.9. The largest absolute Gasteiger partial charge is 0.252 e. The number of hydrogen-bond acceptors (Lipinski definition) is 5. The summed E-state index contributed by atoms with van der Waals surface area (Å²) in [5, 5.41) is 0. The van der Waals surface area contributed by atoms with Crippen LogP contribution in [0, 0.1) is 5.92 Å². The van der Waals surface area contributed by atoms with Crippen molar-refractivity contribution in [2.75, 3.05) is 0 Å². The molecule has 1 spiro atoms. The predicted molar refractivity (Wildman–Crippen MR) is 224 cm³/mol. The molecule has 1 atom stereocenters. The molecule has 5 nitrogen and oxygen atoms in total. The first-order chi connectivity index (χ1) is 27.6. The van der Waals surface area contributed by atoms with Gasteiger partial charge in [-0.05, 0) is 91.7 Å². The van der Waals surface area contributed by atoms with Crippen LogP contribution in [0.15, 0.2) is 176 Å². The van der Waals surface area contributed by atoms with E-state index < -0.39 is 5.41 Å². The molecule has 0 bridgehead atoms. The van der Waals surface area contributed by atoms with Crippen molar-refractivity contribution in [2.24, 2.45) is 5.92 Å². The van der Waals surface area contributed by atoms with Gasteiger partial charge in [0.2, 0.25) is 0 Å². The average molecular weight is 718 g/mol. The zero-order valence-corrected chi connectivity index (χ0v) is 30.8. The lowest BCUT2D eigenvalue weighted by molar-refractivity contribution is 0.748. The van der Waals surface area contributed by atoms with Crippen molar-refractivity contribution in [3.8, 4) is 67.8 Å². The van der Waals surface area contributed by atoms with E-state index >= 15 is 0 Å². The molecule has 3 aliphatic carbocycles. The van der Waals surface area contributed by atoms with Crippen LogP contribution in [-0.4, -0.2) is 24.9 Å². The highest BCUT2D eigenvalue weighted by atomic mass is 15.1. The minimum absolute atomic E-state index is 0.472. The third-order valence-corrected chi connectivity index (χ3v) is 11.6. The Morgan fingerprint density at radius 3 is 1.55 bits per heavy atom. The summed E-state index contributed by atoms with van der Waals surface area (Å²) in [6.07, 6.45) is 11.4. The van der Waals surface area contributed by atoms with Gasteiger partial charge in [-0.2, -0.15) is 0 Å². The van der Waals surface area contributed by atoms with Crippen LogP contribution in [0.25, 0.3) is 73.4 Å². The third-order valence-electron chi connectivity index (χ3n) is 11.6. The quantitative estimate of drug-likeness (QED) is 0.177. The zero-order valence-electron chi connectivity index (χ0n) is 30.8. The molecule has 0 amide bonds. The topological polar surface area (TPSA) is 64.5 Å². The molecule has 0 radical (unpaired) electrons. The summed E-state index contributed by atoms with van der Waals surface area (Å²) in [6.45, 7) is 2.24. The Labute approximate surface area is 325 Å². The maximum Gasteiger partial charge on any atom is 0.182 e. The van der Waals surface area contributed by atoms with E-state index in [4.69, 9.17) is 24.9 Å². The number of fused-ring (bicyclic) bond motifs is 10. The van der Waals surface area contributed by atoms with E-state index in [1.165, 1.54) is 50.1 Å². The summed E-state index contributed by atoms with van der Waals surface area (Å²) >= 11 is 0. The summed E-state index contributed by atoms with van der Waals surface area (Å²) in [7, 11) is 0. The summed E-state index contributed by atoms with van der Waals surface area (Å²) in [5.74, 6) is 2.08. The van der Waals surface area contributed by atoms with Crippen molar-refractivity contribution in [1.82, 2.24) is 24.9 Å². The van der Waals surface area contributed by atoms with Crippen molar-refractivity contribution in [1.29, 1.82) is 0 Å². The van der Waals surface area contributed by atoms with E-state index in [2.05, 4.69) is 140 Å². The SMILES string of the molecule is CC1C=CC=C(c2ccc(-c3nc(-c4ccc5c(c4)C4(c6ccccc6-c6ccccc64)c4ccccc4-5)nc(-c4ccc(-c5ccccc5)cn4)n3)nc2)C1. The van der Waals surface area contributed by atoms with E-state index in [-0.39, 0.29) is 0 Å². The number of benzene rings is 5. The molecule has 56 heavy (non-hydrogen) atoms. The predicted octanol–water partition coefficient (Wildman–Crippen LogP) is 11.7. The van der Waals surface area contributed by atoms with Gasteiger partial charge in [0.25, 0.3) is 0 Å². The molecule has 3 heterocycles. The van der Waals surface area contributed by atoms with Crippen LogP contribution >= 0.6 is 0 Å². The van der Waals surface area contributed by atoms with Crippen LogP contribution < -0.4 is 0 Å². The van der Waals surface area contributed by atoms with E-state index in [9.17, 15) is 0 Å². The normalized spacial score (nSPS) is 15.5. The molecule has 1 unspecified atom stereocenters. The fraction of sp³-hybridized carbons (Fsp3) is 0.0784. The average Bonchev–Trinajstić information content (AvgIpc) is 3.74. The van der Waals surface area contributed by atoms with Gasteiger partial charge in [0, 0.05) is 23.5 Å². The Balaban J connectivity index is 1.09. The molecule has 3 aromatic heterocycles. The molecule has 0 N–H and O–H groups in total. The van der Waals surface area contributed by atoms with Crippen molar-refractivity contribution >= 4 is 5.57 Å². The van der Waals surface area contributed by atoms with Gasteiger partial charge in [0.05, 0.1) is 5.41 Å². The number of nitrogens with zero attached hydrogens (tertiary/aromatic N) is 5. The Morgan fingerprint density at radius 1 is 0.464 bits per heavy atom. The molecule has 0 aliphatic heterocycles. The highest BCUT2D eigenvalue weighted by molar-refractivity contribution is 5.95. The Kier molecular flexibility index (Phi) is 7.36. The van der Waals surface area contributed by atoms with Gasteiger partial charge in [-0.1, -0.05) is 153 Å². The zero-order chi connectivity index (χ0) is 37.2. The maximum atomic E-state index is 5.16. The van der Waals surface area contributed by atoms with Gasteiger partial charge in [0.15, 0.2) is 17.5 Å². The molecule has 0 fully saturated rings. The molecule has 0 saturated heterocycles. The van der Waals surface area contributed by atoms with Crippen LogP contribution in [0.1, 0.15) is 41.2 Å². The summed E-state index contributed by atoms with van der Waals surface area (Å²) in [5.41, 5.74) is 16.5. The molecule has 8 aromatic rings. The van der Waals surface area contributed by atoms with Gasteiger partial charge < -0.3 is 0 Å². The lowest BCUT2D eigenvalue weighted by Crippen LogP contribution is -2.25. The Hall–Kier alpha value is -7.11. The fourth-order valence-electron chi connectivity index (χ4n) is 9.07. The summed E-state index contributed by atoms with van der Waals surface area (Å²) in [6, 6.07) is 51.8. The van der Waals surface area contributed by atoms with Crippen LogP contribution in [0.5, 0.6) is 0 Å². The van der Waals surface area contributed by atoms with Gasteiger partial charge >= 0.3 is 0 Å². The second-order valence-corrected chi connectivity index (χ2v) is 14.9. The van der Waals surface area contributed by atoms with Gasteiger partial charge in [-0.3, -0.25) is 9.97 Å². The number of hydrogen-bond donors (Lipinski definition) is 0. The lowest BCUT2D eigenvalue weighted by atomic mass is 9.70. The minimum Gasteiger partial charge on any atom is -0.252 e. The van der Waals surface area contributed by atoms with E-state index in [1.54, 1.807) is 0 Å². The van der Waals surface area contributed by atoms with Crippen molar-refractivity contribution in [2.45, 2.75) is 18.8 Å². The number of rotatable bonds is 5. The molecule has 264 valence electrons. The third kappa shape index (κ3) is 4.97. The minimum atomic E-state index is -0.472. The Morgan fingerprint density at radius 2 is 0.982 bits per heavy atom. The van der Waals surface area contributed by atoms with Gasteiger partial charge in [-0.25, -0.2) is 15.0 Å². The Bertz CT molecular complexity index is 2830. The standard InChI is InChI=1S/C51H35N5/c1-32-12-11-15-34(28-32)37-24-27-47(53-31-37)50-55-48(54-49(56-50)46-26-23-36(30-52-46)33-13-3-2-4-14-33)35-22-25-41-40-18-7-10-21-44(40)51(45(41)29-35)42-19-8-5-16-38(42)39-17-6-9-20-43(39)51/h2-27,29-32H,28H2,1H3. The van der Waals surface area contributed by atoms with Crippen molar-refractivity contribution in [3.05, 3.63) is 204 Å². The lowest BCUT2D eigenvalue weighted by Gasteiger charge is -2.30. The molecule has 5 heteroatoms. The molecule has 3 aliphatic rings. The van der Waals surface area contributed by atoms with Gasteiger partial charge in [-0.15, -0.1) is 0 Å². The van der Waals surface area contributed by atoms with E-state index in [0.717, 1.165) is 28.7 Å². The molecular weight excluding hydrogens is 683 g/mol. The number of pyridine rings is 2. The monoisotopic (exact) mass is 717 g/mol. The summed E-state index contributed by atoms with van der Waals surface area (Å²) < 4.78 is 0. The van der Waals surface area contributed by atoms with Crippen LogP contribution in [0.3, 0.4) is 0 Å². The first-order valence-corrected chi connectivity index (χ1v) is 19.2. The molecule has 5 aromatic carbocycles. The van der Waals surface area contributed by atoms with Crippen LogP contribution in [0.2, 0.25) is 0 Å². The van der Waals surface area contributed by atoms with Crippen molar-refractivity contribution in [3.63, 3.8) is 0 Å². The van der Waals surface area contributed by atoms with Crippen LogP contribution in [0.4, 0.5) is 0 Å². The smallest absolute Gasteiger partial charge is 0.182 e. The van der Waals surface area contributed by atoms with Gasteiger partial charge in [0.1, 0.15) is 11.4 Å². The number of aromatic nitrogens is 5. The first-order valence-electron chi connectivity index (χ1n) is 19.2. The van der Waals surface area contributed by atoms with Crippen LogP contribution in [-0.2, 0) is 5.41 Å². The molecule has 0 saturated carbocycles. The first kappa shape index (κ1) is 32.3. The maximum absolute atomic E-state index is 5.16. The highest BCUT2D eigenvalue weighted by Crippen LogP contribution is 2.63. The summed E-state index contributed by atoms with van der Waals surface area (Å²) in [4.78, 5) is 25.1. The fourth-order valence-corrected chi connectivity index (χ4v) is 9.07. The van der Waals surface area contributed by atoms with E-state index in [1.807, 2.05) is 42.7 Å². The molecular formula is C51H35N5.